The summed E-state index contributed by atoms with van der Waals surface area (Å²) in [6, 6.07) is 19.8. The summed E-state index contributed by atoms with van der Waals surface area (Å²) < 4.78 is 14.7. The minimum Gasteiger partial charge on any atom is -0.350 e. The second kappa shape index (κ2) is 11.7. The lowest BCUT2D eigenvalue weighted by Gasteiger charge is -2.34. The van der Waals surface area contributed by atoms with E-state index in [1.807, 2.05) is 51.1 Å². The summed E-state index contributed by atoms with van der Waals surface area (Å²) in [4.78, 5) is 28.7. The lowest BCUT2D eigenvalue weighted by atomic mass is 9.99. The number of halogens is 3. The molecular formula is C28H29Cl2FN2O2. The Labute approximate surface area is 216 Å². The van der Waals surface area contributed by atoms with E-state index in [1.54, 1.807) is 36.4 Å². The largest absolute Gasteiger partial charge is 0.350 e. The van der Waals surface area contributed by atoms with Crippen LogP contribution >= 0.6 is 23.2 Å². The minimum atomic E-state index is -0.884. The van der Waals surface area contributed by atoms with Crippen LogP contribution in [-0.4, -0.2) is 28.3 Å². The van der Waals surface area contributed by atoms with Gasteiger partial charge in [-0.1, -0.05) is 77.8 Å². The van der Waals surface area contributed by atoms with Crippen molar-refractivity contribution in [1.82, 2.24) is 10.2 Å². The van der Waals surface area contributed by atoms with Crippen LogP contribution in [0.5, 0.6) is 0 Å². The number of carbonyl (C=O) groups excluding carboxylic acids is 2. The van der Waals surface area contributed by atoms with Gasteiger partial charge in [0.25, 0.3) is 0 Å². The van der Waals surface area contributed by atoms with E-state index in [1.165, 1.54) is 11.0 Å². The summed E-state index contributed by atoms with van der Waals surface area (Å²) >= 11 is 12.7. The van der Waals surface area contributed by atoms with Gasteiger partial charge in [0.2, 0.25) is 11.8 Å². The molecule has 0 aromatic heterocycles. The summed E-state index contributed by atoms with van der Waals surface area (Å²) in [5, 5.41) is 3.70. The average molecular weight is 515 g/mol. The van der Waals surface area contributed by atoms with Crippen LogP contribution < -0.4 is 5.32 Å². The molecule has 0 bridgehead atoms. The van der Waals surface area contributed by atoms with Crippen LogP contribution in [0.25, 0.3) is 0 Å². The van der Waals surface area contributed by atoms with Crippen LogP contribution in [0.3, 0.4) is 0 Å². The van der Waals surface area contributed by atoms with Crippen molar-refractivity contribution in [3.8, 4) is 0 Å². The van der Waals surface area contributed by atoms with Crippen molar-refractivity contribution in [3.05, 3.63) is 105 Å². The van der Waals surface area contributed by atoms with Crippen LogP contribution in [0.15, 0.2) is 72.8 Å². The molecule has 184 valence electrons. The normalized spacial score (nSPS) is 12.2. The van der Waals surface area contributed by atoms with Gasteiger partial charge in [0.15, 0.2) is 0 Å². The van der Waals surface area contributed by atoms with Crippen LogP contribution in [0.4, 0.5) is 4.39 Å². The zero-order valence-electron chi connectivity index (χ0n) is 20.0. The maximum absolute atomic E-state index is 14.7. The molecule has 3 aromatic rings. The van der Waals surface area contributed by atoms with Crippen LogP contribution in [-0.2, 0) is 29.0 Å². The standard InChI is InChI=1S/C28H29Cl2FN2O2/c1-28(2,3)32-27(35)25(16-19-10-5-4-6-11-19)33(18-20-12-7-8-15-24(20)31)26(34)17-21-22(29)13-9-14-23(21)30/h4-15,25H,16-18H2,1-3H3,(H,32,35)/t25-/m0/s1. The summed E-state index contributed by atoms with van der Waals surface area (Å²) in [7, 11) is 0. The fourth-order valence-corrected chi connectivity index (χ4v) is 4.30. The number of carbonyl (C=O) groups is 2. The fraction of sp³-hybridized carbons (Fsp3) is 0.286. The van der Waals surface area contributed by atoms with Crippen molar-refractivity contribution in [2.24, 2.45) is 0 Å². The van der Waals surface area contributed by atoms with Gasteiger partial charge in [-0.05, 0) is 50.1 Å². The first-order chi connectivity index (χ1) is 16.5. The molecule has 0 aliphatic rings. The average Bonchev–Trinajstić information content (AvgIpc) is 2.79. The van der Waals surface area contributed by atoms with Gasteiger partial charge in [0, 0.05) is 34.1 Å². The van der Waals surface area contributed by atoms with Crippen LogP contribution in [0.1, 0.15) is 37.5 Å². The van der Waals surface area contributed by atoms with Crippen molar-refractivity contribution in [2.45, 2.75) is 51.7 Å². The monoisotopic (exact) mass is 514 g/mol. The van der Waals surface area contributed by atoms with Gasteiger partial charge in [-0.3, -0.25) is 9.59 Å². The van der Waals surface area contributed by atoms with E-state index in [2.05, 4.69) is 5.32 Å². The van der Waals surface area contributed by atoms with Crippen molar-refractivity contribution in [2.75, 3.05) is 0 Å². The first-order valence-corrected chi connectivity index (χ1v) is 12.1. The Hall–Kier alpha value is -2.89. The highest BCUT2D eigenvalue weighted by atomic mass is 35.5. The number of rotatable bonds is 8. The molecule has 0 fully saturated rings. The summed E-state index contributed by atoms with van der Waals surface area (Å²) in [6.45, 7) is 5.54. The molecule has 0 radical (unpaired) electrons. The molecule has 3 rings (SSSR count). The second-order valence-electron chi connectivity index (χ2n) is 9.43. The topological polar surface area (TPSA) is 49.4 Å². The molecule has 2 amide bonds. The highest BCUT2D eigenvalue weighted by Gasteiger charge is 2.33. The molecule has 0 aliphatic carbocycles. The van der Waals surface area contributed by atoms with Gasteiger partial charge in [-0.25, -0.2) is 4.39 Å². The summed E-state index contributed by atoms with van der Waals surface area (Å²) in [5.74, 6) is -1.15. The Morgan fingerprint density at radius 2 is 1.51 bits per heavy atom. The van der Waals surface area contributed by atoms with Crippen molar-refractivity contribution < 1.29 is 14.0 Å². The first-order valence-electron chi connectivity index (χ1n) is 11.4. The Kier molecular flexibility index (Phi) is 8.92. The Bertz CT molecular complexity index is 1160. The number of nitrogens with zero attached hydrogens (tertiary/aromatic N) is 1. The molecule has 35 heavy (non-hydrogen) atoms. The van der Waals surface area contributed by atoms with E-state index in [4.69, 9.17) is 23.2 Å². The predicted molar refractivity (Wildman–Crippen MR) is 139 cm³/mol. The molecule has 1 atom stereocenters. The van der Waals surface area contributed by atoms with Crippen LogP contribution in [0.2, 0.25) is 10.0 Å². The second-order valence-corrected chi connectivity index (χ2v) is 10.2. The first kappa shape index (κ1) is 26.7. The third-order valence-electron chi connectivity index (χ3n) is 5.46. The number of amides is 2. The van der Waals surface area contributed by atoms with Gasteiger partial charge >= 0.3 is 0 Å². The van der Waals surface area contributed by atoms with E-state index < -0.39 is 17.4 Å². The highest BCUT2D eigenvalue weighted by Crippen LogP contribution is 2.26. The Morgan fingerprint density at radius 3 is 2.11 bits per heavy atom. The molecule has 0 heterocycles. The molecule has 4 nitrogen and oxygen atoms in total. The zero-order chi connectivity index (χ0) is 25.6. The molecule has 0 saturated carbocycles. The van der Waals surface area contributed by atoms with Gasteiger partial charge in [-0.15, -0.1) is 0 Å². The minimum absolute atomic E-state index is 0.0807. The molecule has 7 heteroatoms. The number of benzene rings is 3. The molecule has 3 aromatic carbocycles. The van der Waals surface area contributed by atoms with E-state index >= 15 is 0 Å². The third kappa shape index (κ3) is 7.55. The van der Waals surface area contributed by atoms with Crippen molar-refractivity contribution in [3.63, 3.8) is 0 Å². The SMILES string of the molecule is CC(C)(C)NC(=O)[C@H](Cc1ccccc1)N(Cc1ccccc1F)C(=O)Cc1c(Cl)cccc1Cl. The molecule has 0 aliphatic heterocycles. The molecule has 0 unspecified atom stereocenters. The van der Waals surface area contributed by atoms with E-state index in [-0.39, 0.29) is 31.2 Å². The number of hydrogen-bond donors (Lipinski definition) is 1. The maximum atomic E-state index is 14.7. The van der Waals surface area contributed by atoms with E-state index in [0.29, 0.717) is 21.2 Å². The van der Waals surface area contributed by atoms with Crippen LogP contribution in [0, 0.1) is 5.82 Å². The Balaban J connectivity index is 2.04. The highest BCUT2D eigenvalue weighted by molar-refractivity contribution is 6.36. The molecular weight excluding hydrogens is 486 g/mol. The van der Waals surface area contributed by atoms with Gasteiger partial charge in [0.05, 0.1) is 6.42 Å². The molecule has 0 saturated heterocycles. The number of hydrogen-bond acceptors (Lipinski definition) is 2. The summed E-state index contributed by atoms with van der Waals surface area (Å²) in [5.41, 5.74) is 1.13. The summed E-state index contributed by atoms with van der Waals surface area (Å²) in [6.07, 6.45) is 0.139. The zero-order valence-corrected chi connectivity index (χ0v) is 21.5. The van der Waals surface area contributed by atoms with Gasteiger partial charge < -0.3 is 10.2 Å². The van der Waals surface area contributed by atoms with Gasteiger partial charge in [-0.2, -0.15) is 0 Å². The van der Waals surface area contributed by atoms with E-state index in [9.17, 15) is 14.0 Å². The third-order valence-corrected chi connectivity index (χ3v) is 6.17. The Morgan fingerprint density at radius 1 is 0.914 bits per heavy atom. The lowest BCUT2D eigenvalue weighted by molar-refractivity contribution is -0.141. The molecule has 0 spiro atoms. The van der Waals surface area contributed by atoms with Crippen molar-refractivity contribution in [1.29, 1.82) is 0 Å². The lowest BCUT2D eigenvalue weighted by Crippen LogP contribution is -2.54. The fourth-order valence-electron chi connectivity index (χ4n) is 3.77. The smallest absolute Gasteiger partial charge is 0.243 e. The maximum Gasteiger partial charge on any atom is 0.243 e. The number of nitrogens with one attached hydrogen (secondary N) is 1. The van der Waals surface area contributed by atoms with Gasteiger partial charge in [0.1, 0.15) is 11.9 Å². The van der Waals surface area contributed by atoms with Crippen molar-refractivity contribution >= 4 is 35.0 Å². The van der Waals surface area contributed by atoms with E-state index in [0.717, 1.165) is 5.56 Å². The molecule has 1 N–H and O–H groups in total. The quantitative estimate of drug-likeness (QED) is 0.387. The predicted octanol–water partition coefficient (Wildman–Crippen LogP) is 6.23.